The topological polar surface area (TPSA) is 15.3 Å². The van der Waals surface area contributed by atoms with Gasteiger partial charge in [0.05, 0.1) is 0 Å². The molecular formula is C11H22N2. The lowest BCUT2D eigenvalue weighted by atomic mass is 10.0. The number of hydrogen-bond acceptors (Lipinski definition) is 2. The first-order valence-corrected chi connectivity index (χ1v) is 5.79. The highest BCUT2D eigenvalue weighted by atomic mass is 15.3. The highest BCUT2D eigenvalue weighted by Crippen LogP contribution is 2.31. The van der Waals surface area contributed by atoms with Crippen molar-refractivity contribution < 1.29 is 0 Å². The van der Waals surface area contributed by atoms with E-state index in [0.717, 1.165) is 18.0 Å². The Bertz CT molecular complexity index is 165. The fourth-order valence-corrected chi connectivity index (χ4v) is 2.89. The van der Waals surface area contributed by atoms with E-state index in [1.165, 1.54) is 38.9 Å². The molecule has 2 rings (SSSR count). The van der Waals surface area contributed by atoms with Crippen molar-refractivity contribution in [2.75, 3.05) is 19.6 Å². The maximum atomic E-state index is 3.37. The van der Waals surface area contributed by atoms with Crippen molar-refractivity contribution in [3.05, 3.63) is 0 Å². The van der Waals surface area contributed by atoms with Crippen LogP contribution in [0.4, 0.5) is 0 Å². The van der Waals surface area contributed by atoms with Gasteiger partial charge < -0.3 is 5.32 Å². The Hall–Kier alpha value is -0.0800. The quantitative estimate of drug-likeness (QED) is 0.711. The molecule has 1 aliphatic carbocycles. The van der Waals surface area contributed by atoms with E-state index in [-0.39, 0.29) is 0 Å². The minimum absolute atomic E-state index is 0.843. The Morgan fingerprint density at radius 2 is 2.08 bits per heavy atom. The van der Waals surface area contributed by atoms with E-state index < -0.39 is 0 Å². The summed E-state index contributed by atoms with van der Waals surface area (Å²) in [6, 6.07) is 1.73. The van der Waals surface area contributed by atoms with Gasteiger partial charge in [-0.1, -0.05) is 20.3 Å². The van der Waals surface area contributed by atoms with Gasteiger partial charge in [-0.3, -0.25) is 4.90 Å². The summed E-state index contributed by atoms with van der Waals surface area (Å²) in [6.07, 6.45) is 4.33. The molecule has 1 saturated carbocycles. The Balaban J connectivity index is 1.94. The van der Waals surface area contributed by atoms with E-state index in [0.29, 0.717) is 0 Å². The first-order valence-electron chi connectivity index (χ1n) is 5.79. The van der Waals surface area contributed by atoms with Gasteiger partial charge in [0.15, 0.2) is 0 Å². The van der Waals surface area contributed by atoms with Crippen molar-refractivity contribution in [1.82, 2.24) is 10.2 Å². The molecule has 1 N–H and O–H groups in total. The van der Waals surface area contributed by atoms with Crippen LogP contribution in [-0.4, -0.2) is 36.6 Å². The summed E-state index contributed by atoms with van der Waals surface area (Å²) >= 11 is 0. The first kappa shape index (κ1) is 9.47. The lowest BCUT2D eigenvalue weighted by Crippen LogP contribution is -2.60. The molecule has 0 aromatic rings. The second-order valence-corrected chi connectivity index (χ2v) is 4.62. The fraction of sp³-hybridized carbons (Fsp3) is 1.00. The van der Waals surface area contributed by atoms with Crippen LogP contribution >= 0.6 is 0 Å². The Morgan fingerprint density at radius 1 is 1.31 bits per heavy atom. The molecule has 2 nitrogen and oxygen atoms in total. The highest BCUT2D eigenvalue weighted by molar-refractivity contribution is 4.91. The maximum Gasteiger partial charge on any atom is 0.0348 e. The summed E-state index contributed by atoms with van der Waals surface area (Å²) < 4.78 is 0. The van der Waals surface area contributed by atoms with Crippen LogP contribution in [0.2, 0.25) is 0 Å². The number of rotatable bonds is 3. The van der Waals surface area contributed by atoms with Crippen molar-refractivity contribution >= 4 is 0 Å². The predicted molar refractivity (Wildman–Crippen MR) is 55.8 cm³/mol. The Labute approximate surface area is 81.7 Å². The van der Waals surface area contributed by atoms with Gasteiger partial charge in [0.2, 0.25) is 0 Å². The average Bonchev–Trinajstić information content (AvgIpc) is 2.43. The van der Waals surface area contributed by atoms with E-state index in [4.69, 9.17) is 0 Å². The number of nitrogens with one attached hydrogen (secondary N) is 1. The molecule has 2 fully saturated rings. The van der Waals surface area contributed by atoms with Crippen LogP contribution in [0.5, 0.6) is 0 Å². The third-order valence-corrected chi connectivity index (χ3v) is 3.84. The van der Waals surface area contributed by atoms with E-state index in [2.05, 4.69) is 24.1 Å². The monoisotopic (exact) mass is 182 g/mol. The summed E-state index contributed by atoms with van der Waals surface area (Å²) in [4.78, 5) is 2.73. The molecule has 0 radical (unpaired) electrons. The molecule has 0 aromatic heterocycles. The standard InChI is InChI=1S/C11H22N2/c1-3-13(10-7-12-8-10)11-6-4-5-9(11)2/h9-12H,3-8H2,1-2H3. The molecule has 2 atom stereocenters. The van der Waals surface area contributed by atoms with Gasteiger partial charge in [-0.05, 0) is 25.3 Å². The van der Waals surface area contributed by atoms with E-state index >= 15 is 0 Å². The molecule has 1 saturated heterocycles. The van der Waals surface area contributed by atoms with Gasteiger partial charge in [-0.2, -0.15) is 0 Å². The smallest absolute Gasteiger partial charge is 0.0348 e. The highest BCUT2D eigenvalue weighted by Gasteiger charge is 2.34. The molecule has 13 heavy (non-hydrogen) atoms. The van der Waals surface area contributed by atoms with Crippen LogP contribution in [0.25, 0.3) is 0 Å². The third-order valence-electron chi connectivity index (χ3n) is 3.84. The molecule has 1 heterocycles. The van der Waals surface area contributed by atoms with Crippen LogP contribution in [0.1, 0.15) is 33.1 Å². The number of hydrogen-bond donors (Lipinski definition) is 1. The van der Waals surface area contributed by atoms with Gasteiger partial charge in [-0.15, -0.1) is 0 Å². The SMILES string of the molecule is CCN(C1CNC1)C1CCCC1C. The molecule has 1 aliphatic heterocycles. The van der Waals surface area contributed by atoms with Crippen molar-refractivity contribution in [1.29, 1.82) is 0 Å². The van der Waals surface area contributed by atoms with E-state index in [1.54, 1.807) is 0 Å². The summed E-state index contributed by atoms with van der Waals surface area (Å²) in [5, 5.41) is 3.37. The average molecular weight is 182 g/mol. The maximum absolute atomic E-state index is 3.37. The molecule has 0 spiro atoms. The zero-order chi connectivity index (χ0) is 9.26. The van der Waals surface area contributed by atoms with Gasteiger partial charge in [0.25, 0.3) is 0 Å². The van der Waals surface area contributed by atoms with Crippen molar-refractivity contribution in [2.45, 2.75) is 45.2 Å². The molecule has 0 aromatic carbocycles. The van der Waals surface area contributed by atoms with Crippen LogP contribution in [-0.2, 0) is 0 Å². The zero-order valence-electron chi connectivity index (χ0n) is 8.92. The zero-order valence-corrected chi connectivity index (χ0v) is 8.92. The minimum Gasteiger partial charge on any atom is -0.314 e. The van der Waals surface area contributed by atoms with Gasteiger partial charge in [0.1, 0.15) is 0 Å². The number of nitrogens with zero attached hydrogens (tertiary/aromatic N) is 1. The second-order valence-electron chi connectivity index (χ2n) is 4.62. The van der Waals surface area contributed by atoms with Crippen LogP contribution < -0.4 is 5.32 Å². The summed E-state index contributed by atoms with van der Waals surface area (Å²) in [5.74, 6) is 0.931. The van der Waals surface area contributed by atoms with Crippen molar-refractivity contribution in [3.8, 4) is 0 Å². The van der Waals surface area contributed by atoms with Crippen LogP contribution in [0, 0.1) is 5.92 Å². The Morgan fingerprint density at radius 3 is 2.46 bits per heavy atom. The van der Waals surface area contributed by atoms with E-state index in [9.17, 15) is 0 Å². The largest absolute Gasteiger partial charge is 0.314 e. The minimum atomic E-state index is 0.843. The first-order chi connectivity index (χ1) is 6.33. The van der Waals surface area contributed by atoms with Crippen LogP contribution in [0.3, 0.4) is 0 Å². The van der Waals surface area contributed by atoms with Gasteiger partial charge >= 0.3 is 0 Å². The van der Waals surface area contributed by atoms with Gasteiger partial charge in [-0.25, -0.2) is 0 Å². The fourth-order valence-electron chi connectivity index (χ4n) is 2.89. The summed E-state index contributed by atoms with van der Waals surface area (Å²) in [5.41, 5.74) is 0. The lowest BCUT2D eigenvalue weighted by Gasteiger charge is -2.42. The van der Waals surface area contributed by atoms with E-state index in [1.807, 2.05) is 0 Å². The molecular weight excluding hydrogens is 160 g/mol. The normalized spacial score (nSPS) is 35.3. The van der Waals surface area contributed by atoms with Crippen LogP contribution in [0.15, 0.2) is 0 Å². The number of likely N-dealkylation sites (N-methyl/N-ethyl adjacent to an activating group) is 1. The molecule has 2 heteroatoms. The summed E-state index contributed by atoms with van der Waals surface area (Å²) in [7, 11) is 0. The molecule has 2 aliphatic rings. The summed E-state index contributed by atoms with van der Waals surface area (Å²) in [6.45, 7) is 8.41. The molecule has 2 unspecified atom stereocenters. The van der Waals surface area contributed by atoms with Crippen molar-refractivity contribution in [3.63, 3.8) is 0 Å². The Kier molecular flexibility index (Phi) is 2.89. The molecule has 76 valence electrons. The lowest BCUT2D eigenvalue weighted by molar-refractivity contribution is 0.0837. The molecule has 0 amide bonds. The second kappa shape index (κ2) is 3.97. The predicted octanol–water partition coefficient (Wildman–Crippen LogP) is 1.47. The third kappa shape index (κ3) is 1.75. The molecule has 0 bridgehead atoms. The van der Waals surface area contributed by atoms with Crippen molar-refractivity contribution in [2.24, 2.45) is 5.92 Å². The van der Waals surface area contributed by atoms with Gasteiger partial charge in [0, 0.05) is 25.2 Å².